The number of benzene rings is 2. The molecule has 0 saturated carbocycles. The summed E-state index contributed by atoms with van der Waals surface area (Å²) in [5.74, 6) is -0.599. The number of hydrogen-bond donors (Lipinski definition) is 0. The minimum Gasteiger partial charge on any atom is -0.465 e. The van der Waals surface area contributed by atoms with E-state index >= 15 is 0 Å². The Bertz CT molecular complexity index is 1010. The summed E-state index contributed by atoms with van der Waals surface area (Å²) in [6.07, 6.45) is 6.74. The van der Waals surface area contributed by atoms with Crippen molar-refractivity contribution >= 4 is 22.8 Å². The van der Waals surface area contributed by atoms with Gasteiger partial charge in [-0.25, -0.2) is 4.79 Å². The highest BCUT2D eigenvalue weighted by Crippen LogP contribution is 2.23. The van der Waals surface area contributed by atoms with Gasteiger partial charge in [-0.05, 0) is 49.7 Å². The average Bonchev–Trinajstić information content (AvgIpc) is 2.96. The minimum absolute atomic E-state index is 0.155. The summed E-state index contributed by atoms with van der Waals surface area (Å²) in [5, 5.41) is 0.713. The Balaban J connectivity index is 1.57. The van der Waals surface area contributed by atoms with Crippen molar-refractivity contribution in [1.29, 1.82) is 0 Å². The van der Waals surface area contributed by atoms with Crippen LogP contribution in [0.1, 0.15) is 52.0 Å². The van der Waals surface area contributed by atoms with E-state index < -0.39 is 5.97 Å². The molecule has 2 heterocycles. The van der Waals surface area contributed by atoms with Gasteiger partial charge in [-0.2, -0.15) is 0 Å². The van der Waals surface area contributed by atoms with Crippen molar-refractivity contribution < 1.29 is 14.3 Å². The van der Waals surface area contributed by atoms with Crippen LogP contribution >= 0.6 is 0 Å². The van der Waals surface area contributed by atoms with E-state index in [1.165, 1.54) is 42.9 Å². The van der Waals surface area contributed by atoms with Crippen molar-refractivity contribution in [2.24, 2.45) is 0 Å². The lowest BCUT2D eigenvalue weighted by Crippen LogP contribution is -2.24. The van der Waals surface area contributed by atoms with Crippen LogP contribution in [0.2, 0.25) is 0 Å². The predicted molar refractivity (Wildman–Crippen MR) is 113 cm³/mol. The Morgan fingerprint density at radius 1 is 0.931 bits per heavy atom. The number of likely N-dealkylation sites (tertiary alicyclic amines) is 1. The van der Waals surface area contributed by atoms with Crippen LogP contribution in [0.25, 0.3) is 10.9 Å². The van der Waals surface area contributed by atoms with Gasteiger partial charge in [0.1, 0.15) is 0 Å². The maximum Gasteiger partial charge on any atom is 0.340 e. The van der Waals surface area contributed by atoms with Gasteiger partial charge in [-0.3, -0.25) is 14.3 Å². The number of nitrogens with zero attached hydrogens (tertiary/aromatic N) is 2. The summed E-state index contributed by atoms with van der Waals surface area (Å²) < 4.78 is 6.40. The Morgan fingerprint density at radius 2 is 1.62 bits per heavy atom. The van der Waals surface area contributed by atoms with Gasteiger partial charge in [0.2, 0.25) is 0 Å². The van der Waals surface area contributed by atoms with E-state index in [1.807, 2.05) is 48.5 Å². The second kappa shape index (κ2) is 8.62. The lowest BCUT2D eigenvalue weighted by atomic mass is 10.1. The zero-order valence-corrected chi connectivity index (χ0v) is 16.8. The van der Waals surface area contributed by atoms with Crippen molar-refractivity contribution in [3.63, 3.8) is 0 Å². The number of fused-ring (bicyclic) bond motifs is 1. The van der Waals surface area contributed by atoms with Crippen LogP contribution in [0.5, 0.6) is 0 Å². The van der Waals surface area contributed by atoms with E-state index in [0.29, 0.717) is 22.0 Å². The summed E-state index contributed by atoms with van der Waals surface area (Å²) in [4.78, 5) is 27.7. The predicted octanol–water partition coefficient (Wildman–Crippen LogP) is 4.49. The van der Waals surface area contributed by atoms with Gasteiger partial charge in [0.15, 0.2) is 0 Å². The molecule has 0 atom stereocenters. The van der Waals surface area contributed by atoms with Gasteiger partial charge in [-0.15, -0.1) is 0 Å². The maximum absolute atomic E-state index is 13.1. The Morgan fingerprint density at radius 3 is 2.31 bits per heavy atom. The minimum atomic E-state index is -0.444. The topological polar surface area (TPSA) is 51.5 Å². The number of aromatic nitrogens is 1. The van der Waals surface area contributed by atoms with Crippen molar-refractivity contribution in [1.82, 2.24) is 9.47 Å². The Hall–Kier alpha value is -2.92. The number of rotatable bonds is 4. The molecule has 1 saturated heterocycles. The monoisotopic (exact) mass is 390 g/mol. The number of hydrogen-bond acceptors (Lipinski definition) is 4. The summed E-state index contributed by atoms with van der Waals surface area (Å²) in [6, 6.07) is 15.2. The zero-order valence-electron chi connectivity index (χ0n) is 16.8. The van der Waals surface area contributed by atoms with Crippen LogP contribution in [0, 0.1) is 0 Å². The van der Waals surface area contributed by atoms with Gasteiger partial charge in [-0.1, -0.05) is 43.2 Å². The van der Waals surface area contributed by atoms with E-state index in [-0.39, 0.29) is 5.91 Å². The molecule has 0 unspecified atom stereocenters. The molecule has 4 rings (SSSR count). The van der Waals surface area contributed by atoms with Gasteiger partial charge in [0.05, 0.1) is 18.2 Å². The third kappa shape index (κ3) is 4.10. The van der Waals surface area contributed by atoms with Gasteiger partial charge >= 0.3 is 5.97 Å². The first-order valence-electron chi connectivity index (χ1n) is 10.2. The summed E-state index contributed by atoms with van der Waals surface area (Å²) in [6.45, 7) is 3.21. The molecule has 0 amide bonds. The third-order valence-corrected chi connectivity index (χ3v) is 5.64. The SMILES string of the molecule is COC(=O)c1cn(C(=O)c2ccc(CN3CCCCCC3)cc2)c2ccccc12. The van der Waals surface area contributed by atoms with Gasteiger partial charge in [0.25, 0.3) is 5.91 Å². The van der Waals surface area contributed by atoms with E-state index in [1.54, 1.807) is 6.20 Å². The van der Waals surface area contributed by atoms with E-state index in [9.17, 15) is 9.59 Å². The van der Waals surface area contributed by atoms with E-state index in [2.05, 4.69) is 4.90 Å². The van der Waals surface area contributed by atoms with Crippen LogP contribution in [0.3, 0.4) is 0 Å². The lowest BCUT2D eigenvalue weighted by molar-refractivity contribution is 0.0603. The highest BCUT2D eigenvalue weighted by atomic mass is 16.5. The van der Waals surface area contributed by atoms with Crippen LogP contribution in [0.4, 0.5) is 0 Å². The zero-order chi connectivity index (χ0) is 20.2. The number of methoxy groups -OCH3 is 1. The standard InChI is InChI=1S/C24H26N2O3/c1-29-24(28)21-17-26(22-9-5-4-8-20(21)22)23(27)19-12-10-18(11-13-19)16-25-14-6-2-3-7-15-25/h4-5,8-13,17H,2-3,6-7,14-16H2,1H3. The smallest absolute Gasteiger partial charge is 0.340 e. The Kier molecular flexibility index (Phi) is 5.76. The molecule has 150 valence electrons. The summed E-state index contributed by atoms with van der Waals surface area (Å²) >= 11 is 0. The molecule has 2 aromatic carbocycles. The van der Waals surface area contributed by atoms with Crippen molar-refractivity contribution in [3.05, 3.63) is 71.4 Å². The molecule has 3 aromatic rings. The molecule has 0 N–H and O–H groups in total. The molecule has 1 aliphatic rings. The number of carbonyl (C=O) groups excluding carboxylic acids is 2. The highest BCUT2D eigenvalue weighted by Gasteiger charge is 2.19. The van der Waals surface area contributed by atoms with E-state index in [4.69, 9.17) is 4.74 Å². The molecule has 1 fully saturated rings. The second-order valence-corrected chi connectivity index (χ2v) is 7.61. The van der Waals surface area contributed by atoms with Crippen LogP contribution < -0.4 is 0 Å². The number of carbonyl (C=O) groups is 2. The average molecular weight is 390 g/mol. The summed E-state index contributed by atoms with van der Waals surface area (Å²) in [5.41, 5.74) is 2.92. The molecule has 0 radical (unpaired) electrons. The van der Waals surface area contributed by atoms with Gasteiger partial charge < -0.3 is 4.74 Å². The van der Waals surface area contributed by atoms with Gasteiger partial charge in [0, 0.05) is 23.7 Å². The fourth-order valence-corrected chi connectivity index (χ4v) is 4.06. The number of esters is 1. The van der Waals surface area contributed by atoms with Crippen LogP contribution in [0.15, 0.2) is 54.7 Å². The molecular formula is C24H26N2O3. The Labute approximate surface area is 170 Å². The molecule has 0 spiro atoms. The largest absolute Gasteiger partial charge is 0.465 e. The number of ether oxygens (including phenoxy) is 1. The molecule has 29 heavy (non-hydrogen) atoms. The van der Waals surface area contributed by atoms with Crippen molar-refractivity contribution in [2.75, 3.05) is 20.2 Å². The van der Waals surface area contributed by atoms with Crippen molar-refractivity contribution in [3.8, 4) is 0 Å². The fourth-order valence-electron chi connectivity index (χ4n) is 4.06. The first-order valence-corrected chi connectivity index (χ1v) is 10.2. The quantitative estimate of drug-likeness (QED) is 0.616. The third-order valence-electron chi connectivity index (χ3n) is 5.64. The maximum atomic E-state index is 13.1. The second-order valence-electron chi connectivity index (χ2n) is 7.61. The molecule has 5 heteroatoms. The van der Waals surface area contributed by atoms with Crippen LogP contribution in [-0.4, -0.2) is 41.5 Å². The first-order chi connectivity index (χ1) is 14.2. The van der Waals surface area contributed by atoms with Crippen molar-refractivity contribution in [2.45, 2.75) is 32.2 Å². The highest BCUT2D eigenvalue weighted by molar-refractivity contribution is 6.09. The molecule has 1 aliphatic heterocycles. The fraction of sp³-hybridized carbons (Fsp3) is 0.333. The normalized spacial score (nSPS) is 15.2. The summed E-state index contributed by atoms with van der Waals surface area (Å²) in [7, 11) is 1.35. The van der Waals surface area contributed by atoms with E-state index in [0.717, 1.165) is 19.6 Å². The lowest BCUT2D eigenvalue weighted by Gasteiger charge is -2.19. The first kappa shape index (κ1) is 19.4. The molecule has 1 aromatic heterocycles. The number of para-hydroxylation sites is 1. The van der Waals surface area contributed by atoms with Crippen LogP contribution in [-0.2, 0) is 11.3 Å². The molecule has 0 bridgehead atoms. The molecule has 0 aliphatic carbocycles. The molecule has 5 nitrogen and oxygen atoms in total. The molecular weight excluding hydrogens is 364 g/mol.